The number of aliphatic hydroxyl groups excluding tert-OH is 1. The highest BCUT2D eigenvalue weighted by molar-refractivity contribution is 6.04. The normalized spacial score (nSPS) is 9.82. The molecule has 0 heterocycles. The number of carbonyl (C=O) groups is 2. The van der Waals surface area contributed by atoms with Crippen molar-refractivity contribution in [1.29, 1.82) is 0 Å². The Morgan fingerprint density at radius 3 is 2.65 bits per heavy atom. The molecule has 1 rings (SSSR count). The highest BCUT2D eigenvalue weighted by atomic mass is 16.5. The maximum atomic E-state index is 11.7. The summed E-state index contributed by atoms with van der Waals surface area (Å²) in [6, 6.07) is 4.78. The Kier molecular flexibility index (Phi) is 4.66. The summed E-state index contributed by atoms with van der Waals surface area (Å²) < 4.78 is 5.02. The van der Waals surface area contributed by atoms with Crippen molar-refractivity contribution in [3.63, 3.8) is 0 Å². The number of Topliss-reactive ketones (excluding diaryl/α,β-unsaturated/α-hetero) is 1. The number of benzene rings is 1. The van der Waals surface area contributed by atoms with Gasteiger partial charge < -0.3 is 15.2 Å². The molecule has 0 spiro atoms. The van der Waals surface area contributed by atoms with Gasteiger partial charge in [-0.05, 0) is 12.1 Å². The van der Waals surface area contributed by atoms with Crippen molar-refractivity contribution in [2.24, 2.45) is 0 Å². The van der Waals surface area contributed by atoms with E-state index in [1.165, 1.54) is 14.0 Å². The minimum absolute atomic E-state index is 0.0267. The molecule has 0 aliphatic carbocycles. The minimum atomic E-state index is -0.267. The zero-order valence-electron chi connectivity index (χ0n) is 9.82. The van der Waals surface area contributed by atoms with Crippen molar-refractivity contribution in [2.75, 3.05) is 19.0 Å². The van der Waals surface area contributed by atoms with Crippen molar-refractivity contribution in [2.45, 2.75) is 13.3 Å². The molecule has 1 aromatic carbocycles. The molecule has 0 aliphatic rings. The van der Waals surface area contributed by atoms with Crippen LogP contribution in [0, 0.1) is 0 Å². The summed E-state index contributed by atoms with van der Waals surface area (Å²) >= 11 is 0. The van der Waals surface area contributed by atoms with Gasteiger partial charge in [-0.2, -0.15) is 0 Å². The van der Waals surface area contributed by atoms with Crippen molar-refractivity contribution in [3.8, 4) is 5.75 Å². The van der Waals surface area contributed by atoms with Crippen LogP contribution in [0.4, 0.5) is 5.69 Å². The van der Waals surface area contributed by atoms with E-state index in [9.17, 15) is 9.59 Å². The van der Waals surface area contributed by atoms with E-state index in [2.05, 4.69) is 5.32 Å². The number of amides is 1. The molecule has 0 unspecified atom stereocenters. The Labute approximate surface area is 99.4 Å². The first kappa shape index (κ1) is 13.2. The van der Waals surface area contributed by atoms with Gasteiger partial charge in [-0.25, -0.2) is 0 Å². The van der Waals surface area contributed by atoms with E-state index in [4.69, 9.17) is 9.84 Å². The Bertz CT molecular complexity index is 429. The first-order chi connectivity index (χ1) is 8.08. The van der Waals surface area contributed by atoms with Crippen LogP contribution < -0.4 is 10.1 Å². The van der Waals surface area contributed by atoms with Crippen LogP contribution in [-0.4, -0.2) is 30.5 Å². The molecule has 5 nitrogen and oxygen atoms in total. The summed E-state index contributed by atoms with van der Waals surface area (Å²) in [5.74, 6) is 0.0597. The molecule has 0 fully saturated rings. The molecule has 0 saturated carbocycles. The molecular weight excluding hydrogens is 222 g/mol. The molecule has 0 saturated heterocycles. The number of hydrogen-bond donors (Lipinski definition) is 2. The van der Waals surface area contributed by atoms with Crippen LogP contribution in [0.25, 0.3) is 0 Å². The van der Waals surface area contributed by atoms with E-state index in [0.29, 0.717) is 17.0 Å². The number of nitrogens with one attached hydrogen (secondary N) is 1. The molecule has 92 valence electrons. The smallest absolute Gasteiger partial charge is 0.221 e. The zero-order valence-corrected chi connectivity index (χ0v) is 9.82. The highest BCUT2D eigenvalue weighted by Crippen LogP contribution is 2.23. The molecular formula is C12H15NO4. The summed E-state index contributed by atoms with van der Waals surface area (Å²) in [6.07, 6.45) is 0.0267. The molecule has 1 amide bonds. The van der Waals surface area contributed by atoms with Crippen molar-refractivity contribution >= 4 is 17.4 Å². The van der Waals surface area contributed by atoms with Gasteiger partial charge in [0.25, 0.3) is 0 Å². The third-order valence-corrected chi connectivity index (χ3v) is 2.18. The van der Waals surface area contributed by atoms with Gasteiger partial charge in [0.05, 0.1) is 19.4 Å². The second-order valence-electron chi connectivity index (χ2n) is 3.49. The van der Waals surface area contributed by atoms with E-state index in [1.807, 2.05) is 0 Å². The average molecular weight is 237 g/mol. The third kappa shape index (κ3) is 3.57. The van der Waals surface area contributed by atoms with Crippen LogP contribution >= 0.6 is 0 Å². The second-order valence-corrected chi connectivity index (χ2v) is 3.49. The fourth-order valence-corrected chi connectivity index (χ4v) is 1.42. The van der Waals surface area contributed by atoms with Gasteiger partial charge >= 0.3 is 0 Å². The third-order valence-electron chi connectivity index (χ3n) is 2.18. The van der Waals surface area contributed by atoms with Gasteiger partial charge in [-0.3, -0.25) is 9.59 Å². The largest absolute Gasteiger partial charge is 0.497 e. The highest BCUT2D eigenvalue weighted by Gasteiger charge is 2.12. The number of methoxy groups -OCH3 is 1. The van der Waals surface area contributed by atoms with E-state index >= 15 is 0 Å². The first-order valence-corrected chi connectivity index (χ1v) is 5.18. The van der Waals surface area contributed by atoms with Gasteiger partial charge in [0, 0.05) is 25.0 Å². The number of ether oxygens (including phenoxy) is 1. The number of ketones is 1. The van der Waals surface area contributed by atoms with Gasteiger partial charge in [0.15, 0.2) is 5.78 Å². The molecule has 0 atom stereocenters. The maximum Gasteiger partial charge on any atom is 0.221 e. The molecule has 0 aliphatic heterocycles. The van der Waals surface area contributed by atoms with Crippen LogP contribution in [0.5, 0.6) is 5.75 Å². The predicted molar refractivity (Wildman–Crippen MR) is 63.3 cm³/mol. The van der Waals surface area contributed by atoms with Crippen molar-refractivity contribution in [3.05, 3.63) is 23.8 Å². The topological polar surface area (TPSA) is 75.6 Å². The number of hydrogen-bond acceptors (Lipinski definition) is 4. The number of anilines is 1. The molecule has 0 bridgehead atoms. The van der Waals surface area contributed by atoms with E-state index < -0.39 is 0 Å². The Morgan fingerprint density at radius 1 is 1.41 bits per heavy atom. The van der Waals surface area contributed by atoms with Crippen LogP contribution in [0.2, 0.25) is 0 Å². The van der Waals surface area contributed by atoms with Gasteiger partial charge in [-0.15, -0.1) is 0 Å². The number of aliphatic hydroxyl groups is 1. The molecule has 0 aromatic heterocycles. The molecule has 5 heteroatoms. The summed E-state index contributed by atoms with van der Waals surface area (Å²) in [4.78, 5) is 22.7. The number of carbonyl (C=O) groups excluding carboxylic acids is 2. The lowest BCUT2D eigenvalue weighted by atomic mass is 10.1. The fraction of sp³-hybridized carbons (Fsp3) is 0.333. The predicted octanol–water partition coefficient (Wildman–Crippen LogP) is 1.22. The van der Waals surface area contributed by atoms with Crippen LogP contribution in [-0.2, 0) is 4.79 Å². The summed E-state index contributed by atoms with van der Waals surface area (Å²) in [7, 11) is 1.50. The molecule has 2 N–H and O–H groups in total. The summed E-state index contributed by atoms with van der Waals surface area (Å²) in [5, 5.41) is 11.3. The monoisotopic (exact) mass is 237 g/mol. The minimum Gasteiger partial charge on any atom is -0.497 e. The maximum absolute atomic E-state index is 11.7. The average Bonchev–Trinajstić information content (AvgIpc) is 2.28. The van der Waals surface area contributed by atoms with E-state index in [-0.39, 0.29) is 24.7 Å². The van der Waals surface area contributed by atoms with Crippen molar-refractivity contribution < 1.29 is 19.4 Å². The van der Waals surface area contributed by atoms with Crippen LogP contribution in [0.15, 0.2) is 18.2 Å². The Morgan fingerprint density at radius 2 is 2.12 bits per heavy atom. The zero-order chi connectivity index (χ0) is 12.8. The Balaban J connectivity index is 3.09. The van der Waals surface area contributed by atoms with Gasteiger partial charge in [0.2, 0.25) is 5.91 Å². The second kappa shape index (κ2) is 6.00. The van der Waals surface area contributed by atoms with Gasteiger partial charge in [0.1, 0.15) is 5.75 Å². The number of rotatable bonds is 5. The van der Waals surface area contributed by atoms with E-state index in [0.717, 1.165) is 0 Å². The van der Waals surface area contributed by atoms with Crippen LogP contribution in [0.3, 0.4) is 0 Å². The first-order valence-electron chi connectivity index (χ1n) is 5.18. The van der Waals surface area contributed by atoms with Crippen molar-refractivity contribution in [1.82, 2.24) is 0 Å². The lowest BCUT2D eigenvalue weighted by molar-refractivity contribution is -0.114. The quantitative estimate of drug-likeness (QED) is 0.755. The van der Waals surface area contributed by atoms with Gasteiger partial charge in [-0.1, -0.05) is 0 Å². The molecule has 17 heavy (non-hydrogen) atoms. The summed E-state index contributed by atoms with van der Waals surface area (Å²) in [6.45, 7) is 1.14. The SMILES string of the molecule is COc1ccc(C(=O)CCO)c(NC(C)=O)c1. The lowest BCUT2D eigenvalue weighted by Crippen LogP contribution is -2.12. The van der Waals surface area contributed by atoms with Crippen LogP contribution in [0.1, 0.15) is 23.7 Å². The molecule has 1 aromatic rings. The Hall–Kier alpha value is -1.88. The fourth-order valence-electron chi connectivity index (χ4n) is 1.42. The standard InChI is InChI=1S/C12H15NO4/c1-8(15)13-11-7-9(17-2)3-4-10(11)12(16)5-6-14/h3-4,7,14H,5-6H2,1-2H3,(H,13,15). The summed E-state index contributed by atoms with van der Waals surface area (Å²) in [5.41, 5.74) is 0.769. The van der Waals surface area contributed by atoms with E-state index in [1.54, 1.807) is 18.2 Å². The molecule has 0 radical (unpaired) electrons. The lowest BCUT2D eigenvalue weighted by Gasteiger charge is -2.10.